The van der Waals surface area contributed by atoms with Crippen molar-refractivity contribution in [2.24, 2.45) is 0 Å². The fourth-order valence-electron chi connectivity index (χ4n) is 1.95. The van der Waals surface area contributed by atoms with Crippen LogP contribution in [0.5, 0.6) is 5.75 Å². The third kappa shape index (κ3) is 2.84. The van der Waals surface area contributed by atoms with Crippen molar-refractivity contribution in [2.75, 3.05) is 13.1 Å². The van der Waals surface area contributed by atoms with Gasteiger partial charge in [-0.1, -0.05) is 12.1 Å². The van der Waals surface area contributed by atoms with Gasteiger partial charge in [-0.3, -0.25) is 0 Å². The number of rotatable bonds is 1. The molecule has 3 N–H and O–H groups in total. The average molecular weight is 230 g/mol. The lowest BCUT2D eigenvalue weighted by Gasteiger charge is -2.28. The van der Waals surface area contributed by atoms with Gasteiger partial charge in [0.25, 0.3) is 0 Å². The minimum Gasteiger partial charge on any atom is -0.508 e. The summed E-state index contributed by atoms with van der Waals surface area (Å²) >= 11 is 0. The Morgan fingerprint density at radius 2 is 1.87 bits per heavy atom. The van der Waals surface area contributed by atoms with Crippen molar-refractivity contribution in [3.05, 3.63) is 29.8 Å². The summed E-state index contributed by atoms with van der Waals surface area (Å²) in [6.07, 6.45) is 0.639. The summed E-state index contributed by atoms with van der Waals surface area (Å²) in [5.41, 5.74) is 1.11. The van der Waals surface area contributed by atoms with E-state index in [1.165, 1.54) is 0 Å². The molecule has 4 heteroatoms. The number of halogens is 1. The van der Waals surface area contributed by atoms with Gasteiger partial charge in [-0.2, -0.15) is 0 Å². The van der Waals surface area contributed by atoms with Crippen LogP contribution < -0.4 is 5.32 Å². The molecular formula is C11H16ClNO2. The lowest BCUT2D eigenvalue weighted by atomic mass is 9.88. The Morgan fingerprint density at radius 1 is 1.20 bits per heavy atom. The average Bonchev–Trinajstić information content (AvgIpc) is 2.20. The van der Waals surface area contributed by atoms with E-state index in [0.29, 0.717) is 6.54 Å². The summed E-state index contributed by atoms with van der Waals surface area (Å²) in [5, 5.41) is 22.1. The maximum absolute atomic E-state index is 9.77. The molecule has 1 aliphatic rings. The normalized spacial score (nSPS) is 25.7. The molecular weight excluding hydrogens is 214 g/mol. The van der Waals surface area contributed by atoms with E-state index in [-0.39, 0.29) is 30.2 Å². The van der Waals surface area contributed by atoms with Crippen LogP contribution in [0.4, 0.5) is 0 Å². The highest BCUT2D eigenvalue weighted by Gasteiger charge is 2.23. The molecule has 84 valence electrons. The number of β-amino-alcohol motifs (C(OH)–C–C–N with tert-alkyl or cyclic N) is 1. The van der Waals surface area contributed by atoms with Crippen LogP contribution in [-0.2, 0) is 0 Å². The molecule has 0 saturated carbocycles. The van der Waals surface area contributed by atoms with Gasteiger partial charge in [-0.25, -0.2) is 0 Å². The first-order chi connectivity index (χ1) is 6.77. The predicted octanol–water partition coefficient (Wildman–Crippen LogP) is 1.25. The minimum atomic E-state index is -0.312. The standard InChI is InChI=1S/C11H15NO2.ClH/c13-9-3-1-8(2-4-9)10-5-6-12-7-11(10)14;/h1-4,10-14H,5-7H2;1H/t10-,11+;/m1./s1. The zero-order chi connectivity index (χ0) is 9.97. The van der Waals surface area contributed by atoms with Gasteiger partial charge in [-0.15, -0.1) is 12.4 Å². The van der Waals surface area contributed by atoms with E-state index in [9.17, 15) is 5.11 Å². The molecule has 1 fully saturated rings. The molecule has 1 heterocycles. The molecule has 0 unspecified atom stereocenters. The number of phenolic OH excluding ortho intramolecular Hbond substituents is 1. The molecule has 1 saturated heterocycles. The molecule has 0 spiro atoms. The Labute approximate surface area is 95.5 Å². The molecule has 15 heavy (non-hydrogen) atoms. The van der Waals surface area contributed by atoms with Crippen molar-refractivity contribution in [1.82, 2.24) is 5.32 Å². The van der Waals surface area contributed by atoms with Crippen LogP contribution in [-0.4, -0.2) is 29.4 Å². The summed E-state index contributed by atoms with van der Waals surface area (Å²) < 4.78 is 0. The zero-order valence-corrected chi connectivity index (χ0v) is 9.20. The van der Waals surface area contributed by atoms with Crippen LogP contribution in [0.2, 0.25) is 0 Å². The van der Waals surface area contributed by atoms with Gasteiger partial charge < -0.3 is 15.5 Å². The molecule has 2 rings (SSSR count). The number of piperidine rings is 1. The molecule has 0 amide bonds. The smallest absolute Gasteiger partial charge is 0.115 e. The number of hydrogen-bond donors (Lipinski definition) is 3. The fraction of sp³-hybridized carbons (Fsp3) is 0.455. The molecule has 1 aromatic rings. The predicted molar refractivity (Wildman–Crippen MR) is 61.6 cm³/mol. The number of aromatic hydroxyl groups is 1. The molecule has 2 atom stereocenters. The SMILES string of the molecule is Cl.Oc1ccc([C@H]2CCNC[C@@H]2O)cc1. The second kappa shape index (κ2) is 5.35. The van der Waals surface area contributed by atoms with Crippen molar-refractivity contribution in [1.29, 1.82) is 0 Å². The van der Waals surface area contributed by atoms with Gasteiger partial charge in [0.05, 0.1) is 6.10 Å². The molecule has 1 aromatic carbocycles. The van der Waals surface area contributed by atoms with Crippen molar-refractivity contribution in [3.63, 3.8) is 0 Å². The van der Waals surface area contributed by atoms with Gasteiger partial charge in [0.2, 0.25) is 0 Å². The topological polar surface area (TPSA) is 52.5 Å². The first-order valence-corrected chi connectivity index (χ1v) is 4.95. The van der Waals surface area contributed by atoms with Gasteiger partial charge in [0.15, 0.2) is 0 Å². The lowest BCUT2D eigenvalue weighted by Crippen LogP contribution is -2.39. The van der Waals surface area contributed by atoms with Crippen molar-refractivity contribution < 1.29 is 10.2 Å². The summed E-state index contributed by atoms with van der Waals surface area (Å²) in [4.78, 5) is 0. The monoisotopic (exact) mass is 229 g/mol. The highest BCUT2D eigenvalue weighted by atomic mass is 35.5. The van der Waals surface area contributed by atoms with E-state index in [4.69, 9.17) is 5.11 Å². The van der Waals surface area contributed by atoms with E-state index in [1.807, 2.05) is 12.1 Å². The molecule has 3 nitrogen and oxygen atoms in total. The van der Waals surface area contributed by atoms with Crippen LogP contribution in [0.15, 0.2) is 24.3 Å². The summed E-state index contributed by atoms with van der Waals surface area (Å²) in [7, 11) is 0. The molecule has 0 aromatic heterocycles. The number of benzene rings is 1. The first kappa shape index (κ1) is 12.3. The summed E-state index contributed by atoms with van der Waals surface area (Å²) in [5.74, 6) is 0.481. The zero-order valence-electron chi connectivity index (χ0n) is 8.39. The Balaban J connectivity index is 0.00000112. The van der Waals surface area contributed by atoms with Crippen LogP contribution in [0, 0.1) is 0 Å². The first-order valence-electron chi connectivity index (χ1n) is 4.95. The maximum Gasteiger partial charge on any atom is 0.115 e. The number of hydrogen-bond acceptors (Lipinski definition) is 3. The third-order valence-corrected chi connectivity index (χ3v) is 2.77. The van der Waals surface area contributed by atoms with Gasteiger partial charge >= 0.3 is 0 Å². The Kier molecular flexibility index (Phi) is 4.39. The second-order valence-electron chi connectivity index (χ2n) is 3.76. The highest BCUT2D eigenvalue weighted by Crippen LogP contribution is 2.26. The van der Waals surface area contributed by atoms with E-state index < -0.39 is 0 Å². The second-order valence-corrected chi connectivity index (χ2v) is 3.76. The summed E-state index contributed by atoms with van der Waals surface area (Å²) in [6.45, 7) is 1.61. The number of aliphatic hydroxyl groups is 1. The number of phenols is 1. The van der Waals surface area contributed by atoms with E-state index in [1.54, 1.807) is 12.1 Å². The lowest BCUT2D eigenvalue weighted by molar-refractivity contribution is 0.118. The number of aliphatic hydroxyl groups excluding tert-OH is 1. The molecule has 0 radical (unpaired) electrons. The van der Waals surface area contributed by atoms with Crippen molar-refractivity contribution in [2.45, 2.75) is 18.4 Å². The number of nitrogens with one attached hydrogen (secondary N) is 1. The molecule has 0 aliphatic carbocycles. The van der Waals surface area contributed by atoms with Crippen molar-refractivity contribution in [3.8, 4) is 5.75 Å². The largest absolute Gasteiger partial charge is 0.508 e. The Bertz CT molecular complexity index is 302. The third-order valence-electron chi connectivity index (χ3n) is 2.77. The Morgan fingerprint density at radius 3 is 2.47 bits per heavy atom. The van der Waals surface area contributed by atoms with E-state index in [2.05, 4.69) is 5.32 Å². The van der Waals surface area contributed by atoms with Crippen LogP contribution >= 0.6 is 12.4 Å². The van der Waals surface area contributed by atoms with Crippen LogP contribution in [0.3, 0.4) is 0 Å². The van der Waals surface area contributed by atoms with Crippen LogP contribution in [0.1, 0.15) is 17.9 Å². The maximum atomic E-state index is 9.77. The highest BCUT2D eigenvalue weighted by molar-refractivity contribution is 5.85. The minimum absolute atomic E-state index is 0. The molecule has 1 aliphatic heterocycles. The quantitative estimate of drug-likeness (QED) is 0.680. The van der Waals surface area contributed by atoms with Gasteiger partial charge in [0, 0.05) is 12.5 Å². The van der Waals surface area contributed by atoms with Crippen molar-refractivity contribution >= 4 is 12.4 Å². The fourth-order valence-corrected chi connectivity index (χ4v) is 1.95. The van der Waals surface area contributed by atoms with E-state index in [0.717, 1.165) is 18.5 Å². The van der Waals surface area contributed by atoms with Gasteiger partial charge in [-0.05, 0) is 30.7 Å². The summed E-state index contributed by atoms with van der Waals surface area (Å²) in [6, 6.07) is 7.11. The van der Waals surface area contributed by atoms with Crippen LogP contribution in [0.25, 0.3) is 0 Å². The van der Waals surface area contributed by atoms with E-state index >= 15 is 0 Å². The Hall–Kier alpha value is -0.770. The molecule has 0 bridgehead atoms. The van der Waals surface area contributed by atoms with Gasteiger partial charge in [0.1, 0.15) is 5.75 Å².